The maximum absolute atomic E-state index is 13.3. The van der Waals surface area contributed by atoms with Gasteiger partial charge in [0.15, 0.2) is 0 Å². The molecule has 2 heterocycles. The van der Waals surface area contributed by atoms with Crippen LogP contribution >= 0.6 is 12.2 Å². The van der Waals surface area contributed by atoms with Gasteiger partial charge >= 0.3 is 6.36 Å². The van der Waals surface area contributed by atoms with Crippen molar-refractivity contribution in [2.45, 2.75) is 20.2 Å². The molecule has 200 valence electrons. The number of anilines is 3. The van der Waals surface area contributed by atoms with E-state index in [9.17, 15) is 17.6 Å². The quantitative estimate of drug-likeness (QED) is 0.202. The van der Waals surface area contributed by atoms with E-state index in [-0.39, 0.29) is 22.4 Å². The number of nitrogens with zero attached hydrogens (tertiary/aromatic N) is 5. The Hall–Kier alpha value is -4.00. The Kier molecular flexibility index (Phi) is 8.25. The molecule has 0 unspecified atom stereocenters. The molecule has 0 atom stereocenters. The van der Waals surface area contributed by atoms with Crippen LogP contribution < -0.4 is 20.3 Å². The minimum atomic E-state index is -4.81. The van der Waals surface area contributed by atoms with Gasteiger partial charge in [0, 0.05) is 55.0 Å². The van der Waals surface area contributed by atoms with E-state index < -0.39 is 6.36 Å². The number of thiocarbonyl (C=S) groups is 1. The number of hydrogen-bond acceptors (Lipinski definition) is 5. The van der Waals surface area contributed by atoms with E-state index >= 15 is 0 Å². The van der Waals surface area contributed by atoms with Gasteiger partial charge in [0.2, 0.25) is 17.0 Å². The molecule has 0 amide bonds. The van der Waals surface area contributed by atoms with Crippen molar-refractivity contribution in [2.75, 3.05) is 41.7 Å². The van der Waals surface area contributed by atoms with Crippen LogP contribution in [0.15, 0.2) is 59.6 Å². The van der Waals surface area contributed by atoms with Gasteiger partial charge in [-0.1, -0.05) is 6.07 Å². The van der Waals surface area contributed by atoms with Crippen LogP contribution in [-0.2, 0) is 0 Å². The minimum Gasteiger partial charge on any atom is -0.406 e. The van der Waals surface area contributed by atoms with E-state index in [1.807, 2.05) is 24.8 Å². The predicted molar refractivity (Wildman–Crippen MR) is 142 cm³/mol. The molecule has 1 saturated heterocycles. The third-order valence-corrected chi connectivity index (χ3v) is 5.70. The summed E-state index contributed by atoms with van der Waals surface area (Å²) in [6, 6.07) is 13.5. The molecule has 1 aliphatic heterocycles. The van der Waals surface area contributed by atoms with E-state index in [0.717, 1.165) is 17.1 Å². The Morgan fingerprint density at radius 2 is 1.61 bits per heavy atom. The zero-order valence-corrected chi connectivity index (χ0v) is 21.4. The van der Waals surface area contributed by atoms with Gasteiger partial charge in [0.1, 0.15) is 11.6 Å². The fourth-order valence-corrected chi connectivity index (χ4v) is 4.11. The Morgan fingerprint density at radius 1 is 0.947 bits per heavy atom. The first-order valence-corrected chi connectivity index (χ1v) is 12.1. The molecule has 0 saturated carbocycles. The third kappa shape index (κ3) is 7.75. The molecule has 2 N–H and O–H groups in total. The highest BCUT2D eigenvalue weighted by molar-refractivity contribution is 7.80. The number of hydrogen-bond donors (Lipinski definition) is 2. The highest BCUT2D eigenvalue weighted by Gasteiger charge is 2.31. The van der Waals surface area contributed by atoms with Crippen molar-refractivity contribution in [3.63, 3.8) is 0 Å². The number of ether oxygens (including phenoxy) is 1. The van der Waals surface area contributed by atoms with Crippen molar-refractivity contribution in [1.82, 2.24) is 14.9 Å². The molecule has 13 heteroatoms. The highest BCUT2D eigenvalue weighted by atomic mass is 32.1. The average molecular weight is 548 g/mol. The molecular formula is C25H25F4N7OS. The number of alkyl halides is 3. The highest BCUT2D eigenvalue weighted by Crippen LogP contribution is 2.25. The molecule has 1 aromatic heterocycles. The Bertz CT molecular complexity index is 1290. The number of guanidine groups is 1. The molecular weight excluding hydrogens is 522 g/mol. The van der Waals surface area contributed by atoms with E-state index in [4.69, 9.17) is 12.2 Å². The van der Waals surface area contributed by atoms with Crippen molar-refractivity contribution in [3.05, 3.63) is 71.8 Å². The van der Waals surface area contributed by atoms with Crippen molar-refractivity contribution in [1.29, 1.82) is 0 Å². The topological polar surface area (TPSA) is 77.9 Å². The van der Waals surface area contributed by atoms with Gasteiger partial charge in [0.25, 0.3) is 0 Å². The van der Waals surface area contributed by atoms with Crippen molar-refractivity contribution in [2.24, 2.45) is 4.99 Å². The van der Waals surface area contributed by atoms with Crippen LogP contribution in [-0.4, -0.2) is 58.5 Å². The lowest BCUT2D eigenvalue weighted by Gasteiger charge is -2.37. The minimum absolute atomic E-state index is 0.0157. The number of aromatic nitrogens is 2. The molecule has 1 aliphatic rings. The normalized spacial score (nSPS) is 14.3. The Morgan fingerprint density at radius 3 is 2.24 bits per heavy atom. The second kappa shape index (κ2) is 11.6. The summed E-state index contributed by atoms with van der Waals surface area (Å²) >= 11 is 5.40. The van der Waals surface area contributed by atoms with Gasteiger partial charge in [-0.3, -0.25) is 5.32 Å². The SMILES string of the molecule is Cc1cc(C)nc(N/C(=N/C(=S)Nc2cccc(OC(F)(F)F)c2)N2CCN(c3ccc(F)cc3)CC2)n1. The number of nitrogens with one attached hydrogen (secondary N) is 2. The van der Waals surface area contributed by atoms with Gasteiger partial charge in [0.05, 0.1) is 0 Å². The number of halogens is 4. The molecule has 3 aromatic rings. The summed E-state index contributed by atoms with van der Waals surface area (Å²) in [5.41, 5.74) is 2.72. The first-order chi connectivity index (χ1) is 18.0. The number of piperazine rings is 1. The standard InChI is InChI=1S/C25H25F4N7OS/c1-16-14-17(2)31-22(30-16)33-23(36-12-10-35(11-13-36)20-8-6-18(26)7-9-20)34-24(38)32-19-4-3-5-21(15-19)37-25(27,28)29/h3-9,14-15H,10-13H2,1-2H3,(H2,30,31,32,33,34,38). The molecule has 0 radical (unpaired) electrons. The Labute approximate surface area is 222 Å². The summed E-state index contributed by atoms with van der Waals surface area (Å²) in [4.78, 5) is 17.4. The van der Waals surface area contributed by atoms with Crippen molar-refractivity contribution < 1.29 is 22.3 Å². The van der Waals surface area contributed by atoms with Crippen LogP contribution in [0.3, 0.4) is 0 Å². The summed E-state index contributed by atoms with van der Waals surface area (Å²) in [6.45, 7) is 6.09. The average Bonchev–Trinajstić information content (AvgIpc) is 2.83. The number of aliphatic imine (C=N–C) groups is 1. The van der Waals surface area contributed by atoms with Crippen LogP contribution in [0.4, 0.5) is 34.9 Å². The van der Waals surface area contributed by atoms with Gasteiger partial charge in [-0.25, -0.2) is 14.4 Å². The maximum atomic E-state index is 13.3. The molecule has 0 spiro atoms. The second-order valence-electron chi connectivity index (χ2n) is 8.49. The van der Waals surface area contributed by atoms with Crippen LogP contribution in [0.2, 0.25) is 0 Å². The number of rotatable bonds is 4. The molecule has 0 aliphatic carbocycles. The summed E-state index contributed by atoms with van der Waals surface area (Å²) in [7, 11) is 0. The van der Waals surface area contributed by atoms with Crippen LogP contribution in [0.1, 0.15) is 11.4 Å². The zero-order chi connectivity index (χ0) is 27.3. The van der Waals surface area contributed by atoms with Crippen LogP contribution in [0.5, 0.6) is 5.75 Å². The molecule has 8 nitrogen and oxygen atoms in total. The van der Waals surface area contributed by atoms with E-state index in [2.05, 4.69) is 35.2 Å². The molecule has 2 aromatic carbocycles. The van der Waals surface area contributed by atoms with E-state index in [0.29, 0.717) is 38.1 Å². The first-order valence-electron chi connectivity index (χ1n) is 11.6. The van der Waals surface area contributed by atoms with Crippen molar-refractivity contribution >= 4 is 40.6 Å². The van der Waals surface area contributed by atoms with Crippen molar-refractivity contribution in [3.8, 4) is 5.75 Å². The monoisotopic (exact) mass is 547 g/mol. The van der Waals surface area contributed by atoms with Gasteiger partial charge in [-0.05, 0) is 68.5 Å². The fraction of sp³-hybridized carbons (Fsp3) is 0.280. The maximum Gasteiger partial charge on any atom is 0.573 e. The fourth-order valence-electron chi connectivity index (χ4n) is 3.91. The molecule has 4 rings (SSSR count). The lowest BCUT2D eigenvalue weighted by Crippen LogP contribution is -2.51. The van der Waals surface area contributed by atoms with E-state index in [1.54, 1.807) is 18.2 Å². The smallest absolute Gasteiger partial charge is 0.406 e. The second-order valence-corrected chi connectivity index (χ2v) is 8.88. The lowest BCUT2D eigenvalue weighted by molar-refractivity contribution is -0.274. The molecule has 0 bridgehead atoms. The Balaban J connectivity index is 1.52. The zero-order valence-electron chi connectivity index (χ0n) is 20.6. The lowest BCUT2D eigenvalue weighted by atomic mass is 10.2. The molecule has 38 heavy (non-hydrogen) atoms. The number of benzene rings is 2. The predicted octanol–water partition coefficient (Wildman–Crippen LogP) is 5.12. The summed E-state index contributed by atoms with van der Waals surface area (Å²) in [5.74, 6) is 0.0451. The summed E-state index contributed by atoms with van der Waals surface area (Å²) < 4.78 is 55.1. The first kappa shape index (κ1) is 27.0. The van der Waals surface area contributed by atoms with Gasteiger partial charge in [-0.2, -0.15) is 4.99 Å². The molecule has 1 fully saturated rings. The van der Waals surface area contributed by atoms with Crippen LogP contribution in [0, 0.1) is 19.7 Å². The number of aryl methyl sites for hydroxylation is 2. The summed E-state index contributed by atoms with van der Waals surface area (Å²) in [6.07, 6.45) is -4.81. The largest absolute Gasteiger partial charge is 0.573 e. The summed E-state index contributed by atoms with van der Waals surface area (Å²) in [5, 5.41) is 5.98. The van der Waals surface area contributed by atoms with E-state index in [1.165, 1.54) is 30.3 Å². The van der Waals surface area contributed by atoms with Gasteiger partial charge in [-0.15, -0.1) is 13.2 Å². The third-order valence-electron chi connectivity index (χ3n) is 5.50. The van der Waals surface area contributed by atoms with Crippen LogP contribution in [0.25, 0.3) is 0 Å². The van der Waals surface area contributed by atoms with Gasteiger partial charge < -0.3 is 19.9 Å².